The minimum Gasteiger partial charge on any atom is -0.497 e. The maximum Gasteiger partial charge on any atom is 0.325 e. The van der Waals surface area contributed by atoms with Gasteiger partial charge in [0.15, 0.2) is 5.11 Å². The molecule has 184 valence electrons. The molecule has 1 saturated heterocycles. The van der Waals surface area contributed by atoms with Gasteiger partial charge in [-0.15, -0.1) is 0 Å². The Labute approximate surface area is 215 Å². The molecule has 1 fully saturated rings. The Bertz CT molecular complexity index is 1300. The number of carbonyl (C=O) groups excluding carboxylic acids is 2. The highest BCUT2D eigenvalue weighted by atomic mass is 32.1. The van der Waals surface area contributed by atoms with E-state index in [0.29, 0.717) is 29.4 Å². The lowest BCUT2D eigenvalue weighted by Crippen LogP contribution is -2.35. The second-order valence-electron chi connectivity index (χ2n) is 8.13. The molecular weight excluding hydrogens is 476 g/mol. The largest absolute Gasteiger partial charge is 0.497 e. The van der Waals surface area contributed by atoms with Gasteiger partial charge in [-0.2, -0.15) is 0 Å². The number of thiocarbonyl (C=S) groups is 1. The van der Waals surface area contributed by atoms with E-state index in [4.69, 9.17) is 26.4 Å². The molecule has 0 spiro atoms. The summed E-state index contributed by atoms with van der Waals surface area (Å²) >= 11 is 5.62. The number of benzene rings is 3. The zero-order valence-corrected chi connectivity index (χ0v) is 21.1. The van der Waals surface area contributed by atoms with Gasteiger partial charge in [0.2, 0.25) is 0 Å². The molecule has 4 rings (SSSR count). The predicted molar refractivity (Wildman–Crippen MR) is 142 cm³/mol. The Morgan fingerprint density at radius 2 is 1.67 bits per heavy atom. The van der Waals surface area contributed by atoms with Crippen LogP contribution >= 0.6 is 12.2 Å². The highest BCUT2D eigenvalue weighted by molar-refractivity contribution is 7.80. The van der Waals surface area contributed by atoms with E-state index in [0.717, 1.165) is 5.56 Å². The molecule has 0 atom stereocenters. The van der Waals surface area contributed by atoms with Gasteiger partial charge < -0.3 is 19.1 Å². The first-order valence-electron chi connectivity index (χ1n) is 11.3. The lowest BCUT2D eigenvalue weighted by atomic mass is 10.1. The third-order valence-corrected chi connectivity index (χ3v) is 6.11. The molecule has 7 nitrogen and oxygen atoms in total. The quantitative estimate of drug-likeness (QED) is 0.251. The van der Waals surface area contributed by atoms with Crippen LogP contribution in [0.15, 0.2) is 78.5 Å². The highest BCUT2D eigenvalue weighted by Crippen LogP contribution is 2.32. The van der Waals surface area contributed by atoms with Crippen LogP contribution < -0.4 is 14.4 Å². The summed E-state index contributed by atoms with van der Waals surface area (Å²) < 4.78 is 16.1. The molecule has 0 bridgehead atoms. The Morgan fingerprint density at radius 1 is 0.972 bits per heavy atom. The summed E-state index contributed by atoms with van der Waals surface area (Å²) in [6.45, 7) is 2.20. The number of hydrogen-bond acceptors (Lipinski definition) is 6. The minimum absolute atomic E-state index is 0.180. The third-order valence-electron chi connectivity index (χ3n) is 5.71. The van der Waals surface area contributed by atoms with Crippen LogP contribution in [-0.2, 0) is 20.9 Å². The van der Waals surface area contributed by atoms with Gasteiger partial charge >= 0.3 is 5.97 Å². The van der Waals surface area contributed by atoms with E-state index in [1.165, 1.54) is 22.5 Å². The van der Waals surface area contributed by atoms with Crippen LogP contribution in [-0.4, -0.2) is 42.7 Å². The summed E-state index contributed by atoms with van der Waals surface area (Å²) in [5.74, 6) is 0.377. The first-order chi connectivity index (χ1) is 17.4. The number of rotatable bonds is 8. The number of methoxy groups -OCH3 is 2. The second-order valence-corrected chi connectivity index (χ2v) is 8.49. The Kier molecular flexibility index (Phi) is 7.65. The van der Waals surface area contributed by atoms with Crippen LogP contribution in [0.4, 0.5) is 5.69 Å². The number of para-hydroxylation sites is 1. The molecule has 3 aromatic rings. The summed E-state index contributed by atoms with van der Waals surface area (Å²) in [6, 6.07) is 22.5. The Balaban J connectivity index is 1.67. The van der Waals surface area contributed by atoms with Gasteiger partial charge in [0, 0.05) is 5.56 Å². The molecule has 1 heterocycles. The number of hydrogen-bond donors (Lipinski definition) is 0. The number of aryl methyl sites for hydroxylation is 1. The fourth-order valence-corrected chi connectivity index (χ4v) is 4.06. The molecule has 0 radical (unpaired) electrons. The van der Waals surface area contributed by atoms with Crippen molar-refractivity contribution >= 4 is 41.0 Å². The van der Waals surface area contributed by atoms with Crippen molar-refractivity contribution in [1.29, 1.82) is 0 Å². The first-order valence-corrected chi connectivity index (χ1v) is 11.7. The van der Waals surface area contributed by atoms with Crippen LogP contribution in [0.1, 0.15) is 16.7 Å². The van der Waals surface area contributed by atoms with Gasteiger partial charge in [-0.25, -0.2) is 0 Å². The smallest absolute Gasteiger partial charge is 0.325 e. The number of nitrogens with zero attached hydrogens (tertiary/aromatic N) is 2. The van der Waals surface area contributed by atoms with Crippen LogP contribution in [0.2, 0.25) is 0 Å². The van der Waals surface area contributed by atoms with Crippen molar-refractivity contribution in [1.82, 2.24) is 4.90 Å². The number of amides is 1. The van der Waals surface area contributed by atoms with Crippen molar-refractivity contribution in [3.8, 4) is 11.5 Å². The Morgan fingerprint density at radius 3 is 2.33 bits per heavy atom. The molecule has 0 unspecified atom stereocenters. The second kappa shape index (κ2) is 11.0. The van der Waals surface area contributed by atoms with Gasteiger partial charge in [0.05, 0.1) is 19.9 Å². The molecule has 0 aliphatic carbocycles. The number of anilines is 1. The molecule has 8 heteroatoms. The van der Waals surface area contributed by atoms with Gasteiger partial charge in [-0.1, -0.05) is 48.0 Å². The summed E-state index contributed by atoms with van der Waals surface area (Å²) in [4.78, 5) is 28.6. The number of carbonyl (C=O) groups is 2. The average Bonchev–Trinajstić information content (AvgIpc) is 3.12. The summed E-state index contributed by atoms with van der Waals surface area (Å²) in [7, 11) is 2.86. The van der Waals surface area contributed by atoms with Gasteiger partial charge in [0.1, 0.15) is 30.3 Å². The van der Waals surface area contributed by atoms with Crippen molar-refractivity contribution in [3.05, 3.63) is 95.2 Å². The maximum atomic E-state index is 13.6. The molecule has 3 aromatic carbocycles. The number of ether oxygens (including phenoxy) is 3. The van der Waals surface area contributed by atoms with Crippen molar-refractivity contribution in [2.45, 2.75) is 13.5 Å². The van der Waals surface area contributed by atoms with Crippen LogP contribution in [0.25, 0.3) is 6.08 Å². The normalized spacial score (nSPS) is 14.4. The van der Waals surface area contributed by atoms with Gasteiger partial charge in [-0.3, -0.25) is 14.5 Å². The lowest BCUT2D eigenvalue weighted by Gasteiger charge is -2.19. The van der Waals surface area contributed by atoms with E-state index in [9.17, 15) is 9.59 Å². The van der Waals surface area contributed by atoms with E-state index in [-0.39, 0.29) is 23.3 Å². The fraction of sp³-hybridized carbons (Fsp3) is 0.179. The summed E-state index contributed by atoms with van der Waals surface area (Å²) in [5.41, 5.74) is 3.69. The predicted octanol–water partition coefficient (Wildman–Crippen LogP) is 4.73. The van der Waals surface area contributed by atoms with E-state index in [2.05, 4.69) is 0 Å². The number of esters is 1. The molecule has 1 amide bonds. The zero-order valence-electron chi connectivity index (χ0n) is 20.3. The molecule has 0 N–H and O–H groups in total. The van der Waals surface area contributed by atoms with E-state index in [1.807, 2.05) is 55.5 Å². The van der Waals surface area contributed by atoms with Crippen molar-refractivity contribution < 1.29 is 23.8 Å². The maximum absolute atomic E-state index is 13.6. The summed E-state index contributed by atoms with van der Waals surface area (Å²) in [5, 5.41) is 0.180. The lowest BCUT2D eigenvalue weighted by molar-refractivity contribution is -0.140. The fourth-order valence-electron chi connectivity index (χ4n) is 3.71. The molecular formula is C28H26N2O5S. The average molecular weight is 503 g/mol. The molecule has 0 saturated carbocycles. The third kappa shape index (κ3) is 5.39. The zero-order chi connectivity index (χ0) is 25.7. The Hall–Kier alpha value is -4.17. The van der Waals surface area contributed by atoms with Crippen molar-refractivity contribution in [2.24, 2.45) is 0 Å². The van der Waals surface area contributed by atoms with Gasteiger partial charge in [0.25, 0.3) is 5.91 Å². The van der Waals surface area contributed by atoms with E-state index < -0.39 is 5.97 Å². The van der Waals surface area contributed by atoms with E-state index >= 15 is 0 Å². The molecule has 36 heavy (non-hydrogen) atoms. The highest BCUT2D eigenvalue weighted by Gasteiger charge is 2.40. The van der Waals surface area contributed by atoms with E-state index in [1.54, 1.807) is 37.5 Å². The summed E-state index contributed by atoms with van der Waals surface area (Å²) in [6.07, 6.45) is 1.69. The first kappa shape index (κ1) is 24.9. The topological polar surface area (TPSA) is 68.3 Å². The monoisotopic (exact) mass is 502 g/mol. The van der Waals surface area contributed by atoms with Crippen LogP contribution in [0.3, 0.4) is 0 Å². The van der Waals surface area contributed by atoms with Gasteiger partial charge in [-0.05, 0) is 61.1 Å². The molecule has 1 aliphatic rings. The van der Waals surface area contributed by atoms with Crippen LogP contribution in [0, 0.1) is 6.92 Å². The SMILES string of the molecule is COC(=O)CN1C(=S)N(c2ccc(OC)cc2)C(=O)/C1=C/c1ccccc1OCc1ccc(C)cc1. The molecule has 0 aromatic heterocycles. The minimum atomic E-state index is -0.517. The van der Waals surface area contributed by atoms with Crippen molar-refractivity contribution in [3.63, 3.8) is 0 Å². The standard InChI is InChI=1S/C28H26N2O5S/c1-19-8-10-20(11-9-19)18-35-25-7-5-4-6-21(25)16-24-27(32)30(22-12-14-23(33-2)15-13-22)28(36)29(24)17-26(31)34-3/h4-16H,17-18H2,1-3H3/b24-16-. The molecule has 1 aliphatic heterocycles. The van der Waals surface area contributed by atoms with Crippen LogP contribution in [0.5, 0.6) is 11.5 Å². The van der Waals surface area contributed by atoms with Crippen molar-refractivity contribution in [2.75, 3.05) is 25.7 Å².